The van der Waals surface area contributed by atoms with Crippen LogP contribution in [0.4, 0.5) is 0 Å². The zero-order chi connectivity index (χ0) is 22.0. The quantitative estimate of drug-likeness (QED) is 0.432. The van der Waals surface area contributed by atoms with E-state index in [4.69, 9.17) is 14.5 Å². The number of aliphatic hydroxyl groups is 1. The highest BCUT2D eigenvalue weighted by Crippen LogP contribution is 2.36. The number of nitrogens with zero attached hydrogens (tertiary/aromatic N) is 2. The van der Waals surface area contributed by atoms with E-state index in [2.05, 4.69) is 44.2 Å². The van der Waals surface area contributed by atoms with Gasteiger partial charge in [-0.3, -0.25) is 0 Å². The highest BCUT2D eigenvalue weighted by Gasteiger charge is 2.18. The number of ether oxygens (including phenoxy) is 2. The molecule has 5 heteroatoms. The van der Waals surface area contributed by atoms with Crippen LogP contribution in [-0.4, -0.2) is 35.5 Å². The van der Waals surface area contributed by atoms with E-state index in [1.54, 1.807) is 14.2 Å². The van der Waals surface area contributed by atoms with Crippen molar-refractivity contribution < 1.29 is 14.6 Å². The molecule has 3 aromatic carbocycles. The molecule has 0 aliphatic heterocycles. The molecular formula is C26H28N2O3. The van der Waals surface area contributed by atoms with Gasteiger partial charge in [0.1, 0.15) is 22.8 Å². The molecule has 0 atom stereocenters. The SMILES string of the molecule is COc1cccc(-c2cc(OC)c3c(c2)nc(-c2ccc(C(C)C)cc2)n3CCO)c1. The molecule has 0 unspecified atom stereocenters. The lowest BCUT2D eigenvalue weighted by atomic mass is 10.0. The van der Waals surface area contributed by atoms with E-state index in [1.807, 2.05) is 34.9 Å². The van der Waals surface area contributed by atoms with Crippen LogP contribution in [0.5, 0.6) is 11.5 Å². The van der Waals surface area contributed by atoms with Crippen LogP contribution >= 0.6 is 0 Å². The molecule has 0 amide bonds. The topological polar surface area (TPSA) is 56.5 Å². The summed E-state index contributed by atoms with van der Waals surface area (Å²) in [4.78, 5) is 4.95. The maximum absolute atomic E-state index is 9.74. The van der Waals surface area contributed by atoms with Gasteiger partial charge in [0.15, 0.2) is 0 Å². The molecule has 31 heavy (non-hydrogen) atoms. The van der Waals surface area contributed by atoms with Crippen LogP contribution in [0.15, 0.2) is 60.7 Å². The van der Waals surface area contributed by atoms with Gasteiger partial charge in [-0.2, -0.15) is 0 Å². The van der Waals surface area contributed by atoms with E-state index in [9.17, 15) is 5.11 Å². The van der Waals surface area contributed by atoms with Gasteiger partial charge in [-0.25, -0.2) is 4.98 Å². The lowest BCUT2D eigenvalue weighted by molar-refractivity contribution is 0.278. The lowest BCUT2D eigenvalue weighted by Crippen LogP contribution is -2.05. The molecule has 4 rings (SSSR count). The van der Waals surface area contributed by atoms with Gasteiger partial charge in [-0.15, -0.1) is 0 Å². The average molecular weight is 417 g/mol. The van der Waals surface area contributed by atoms with Crippen LogP contribution in [0.25, 0.3) is 33.5 Å². The molecular weight excluding hydrogens is 388 g/mol. The molecule has 5 nitrogen and oxygen atoms in total. The molecule has 1 aromatic heterocycles. The fraction of sp³-hybridized carbons (Fsp3) is 0.269. The number of rotatable bonds is 7. The van der Waals surface area contributed by atoms with E-state index in [0.29, 0.717) is 12.5 Å². The first-order valence-corrected chi connectivity index (χ1v) is 10.5. The molecule has 0 fully saturated rings. The number of aromatic nitrogens is 2. The second-order valence-corrected chi connectivity index (χ2v) is 7.87. The van der Waals surface area contributed by atoms with Crippen molar-refractivity contribution in [1.82, 2.24) is 9.55 Å². The minimum atomic E-state index is 0.0172. The fourth-order valence-electron chi connectivity index (χ4n) is 3.91. The van der Waals surface area contributed by atoms with Gasteiger partial charge >= 0.3 is 0 Å². The minimum Gasteiger partial charge on any atom is -0.497 e. The molecule has 0 bridgehead atoms. The average Bonchev–Trinajstić information content (AvgIpc) is 3.17. The van der Waals surface area contributed by atoms with E-state index in [-0.39, 0.29) is 6.61 Å². The van der Waals surface area contributed by atoms with Gasteiger partial charge in [-0.1, -0.05) is 50.2 Å². The van der Waals surface area contributed by atoms with Crippen LogP contribution in [-0.2, 0) is 6.54 Å². The Bertz CT molecular complexity index is 1190. The van der Waals surface area contributed by atoms with Gasteiger partial charge < -0.3 is 19.1 Å². The van der Waals surface area contributed by atoms with Crippen LogP contribution in [0.1, 0.15) is 25.3 Å². The Morgan fingerprint density at radius 1 is 0.903 bits per heavy atom. The summed E-state index contributed by atoms with van der Waals surface area (Å²) in [5.41, 5.74) is 6.03. The molecule has 0 saturated heterocycles. The number of fused-ring (bicyclic) bond motifs is 1. The summed E-state index contributed by atoms with van der Waals surface area (Å²) in [5.74, 6) is 2.81. The molecule has 0 aliphatic rings. The Kier molecular flexibility index (Phi) is 5.96. The molecule has 1 N–H and O–H groups in total. The Balaban J connectivity index is 1.90. The summed E-state index contributed by atoms with van der Waals surface area (Å²) in [6, 6.07) is 20.5. The summed E-state index contributed by atoms with van der Waals surface area (Å²) >= 11 is 0. The highest BCUT2D eigenvalue weighted by atomic mass is 16.5. The molecule has 0 radical (unpaired) electrons. The number of imidazole rings is 1. The van der Waals surface area contributed by atoms with Crippen molar-refractivity contribution in [1.29, 1.82) is 0 Å². The second-order valence-electron chi connectivity index (χ2n) is 7.87. The first-order chi connectivity index (χ1) is 15.0. The smallest absolute Gasteiger partial charge is 0.145 e. The summed E-state index contributed by atoms with van der Waals surface area (Å²) in [6.45, 7) is 4.82. The fourth-order valence-corrected chi connectivity index (χ4v) is 3.91. The number of hydrogen-bond acceptors (Lipinski definition) is 4. The van der Waals surface area contributed by atoms with Crippen LogP contribution in [0.3, 0.4) is 0 Å². The summed E-state index contributed by atoms with van der Waals surface area (Å²) in [5, 5.41) is 9.74. The standard InChI is InChI=1S/C26H28N2O3/c1-17(2)18-8-10-19(11-9-18)26-27-23-15-21(20-6-5-7-22(14-20)30-3)16-24(31-4)25(23)28(26)12-13-29/h5-11,14-17,29H,12-13H2,1-4H3. The molecule has 160 valence electrons. The van der Waals surface area contributed by atoms with Gasteiger partial charge in [-0.05, 0) is 46.9 Å². The second kappa shape index (κ2) is 8.82. The Morgan fingerprint density at radius 3 is 2.32 bits per heavy atom. The zero-order valence-electron chi connectivity index (χ0n) is 18.4. The first kappa shape index (κ1) is 20.9. The molecule has 1 heterocycles. The van der Waals surface area contributed by atoms with Crippen molar-refractivity contribution in [2.24, 2.45) is 0 Å². The van der Waals surface area contributed by atoms with E-state index >= 15 is 0 Å². The monoisotopic (exact) mass is 416 g/mol. The van der Waals surface area contributed by atoms with Crippen molar-refractivity contribution in [3.63, 3.8) is 0 Å². The molecule has 0 aliphatic carbocycles. The van der Waals surface area contributed by atoms with Crippen molar-refractivity contribution in [3.05, 3.63) is 66.2 Å². The number of methoxy groups -OCH3 is 2. The van der Waals surface area contributed by atoms with Crippen LogP contribution in [0.2, 0.25) is 0 Å². The maximum atomic E-state index is 9.74. The largest absolute Gasteiger partial charge is 0.497 e. The maximum Gasteiger partial charge on any atom is 0.145 e. The van der Waals surface area contributed by atoms with Crippen molar-refractivity contribution >= 4 is 11.0 Å². The Hall–Kier alpha value is -3.31. The molecule has 4 aromatic rings. The summed E-state index contributed by atoms with van der Waals surface area (Å²) in [7, 11) is 3.33. The number of aliphatic hydroxyl groups excluding tert-OH is 1. The number of benzene rings is 3. The molecule has 0 saturated carbocycles. The first-order valence-electron chi connectivity index (χ1n) is 10.5. The minimum absolute atomic E-state index is 0.0172. The summed E-state index contributed by atoms with van der Waals surface area (Å²) < 4.78 is 13.2. The zero-order valence-corrected chi connectivity index (χ0v) is 18.4. The van der Waals surface area contributed by atoms with Crippen molar-refractivity contribution in [3.8, 4) is 34.0 Å². The van der Waals surface area contributed by atoms with Crippen molar-refractivity contribution in [2.45, 2.75) is 26.3 Å². The predicted molar refractivity (Wildman–Crippen MR) is 125 cm³/mol. The van der Waals surface area contributed by atoms with Gasteiger partial charge in [0.25, 0.3) is 0 Å². The Labute approximate surface area is 182 Å². The Morgan fingerprint density at radius 2 is 1.68 bits per heavy atom. The number of hydrogen-bond donors (Lipinski definition) is 1. The van der Waals surface area contributed by atoms with Crippen molar-refractivity contribution in [2.75, 3.05) is 20.8 Å². The van der Waals surface area contributed by atoms with E-state index < -0.39 is 0 Å². The van der Waals surface area contributed by atoms with E-state index in [0.717, 1.165) is 45.0 Å². The van der Waals surface area contributed by atoms with Gasteiger partial charge in [0, 0.05) is 12.1 Å². The summed E-state index contributed by atoms with van der Waals surface area (Å²) in [6.07, 6.45) is 0. The third kappa shape index (κ3) is 4.01. The van der Waals surface area contributed by atoms with Crippen LogP contribution < -0.4 is 9.47 Å². The van der Waals surface area contributed by atoms with Gasteiger partial charge in [0.05, 0.1) is 26.3 Å². The third-order valence-electron chi connectivity index (χ3n) is 5.59. The lowest BCUT2D eigenvalue weighted by Gasteiger charge is -2.12. The normalized spacial score (nSPS) is 11.3. The van der Waals surface area contributed by atoms with Crippen LogP contribution in [0, 0.1) is 0 Å². The molecule has 0 spiro atoms. The third-order valence-corrected chi connectivity index (χ3v) is 5.59. The highest BCUT2D eigenvalue weighted by molar-refractivity contribution is 5.91. The van der Waals surface area contributed by atoms with Gasteiger partial charge in [0.2, 0.25) is 0 Å². The predicted octanol–water partition coefficient (Wildman–Crippen LogP) is 5.50. The van der Waals surface area contributed by atoms with E-state index in [1.165, 1.54) is 5.56 Å².